The van der Waals surface area contributed by atoms with E-state index in [-0.39, 0.29) is 0 Å². The number of hydrogen-bond donors (Lipinski definition) is 2. The molecule has 0 unspecified atom stereocenters. The predicted molar refractivity (Wildman–Crippen MR) is 72.7 cm³/mol. The fourth-order valence-corrected chi connectivity index (χ4v) is 2.72. The Labute approximate surface area is 111 Å². The van der Waals surface area contributed by atoms with Crippen molar-refractivity contribution in [2.45, 2.75) is 5.92 Å². The molecule has 3 rings (SSSR count). The van der Waals surface area contributed by atoms with Gasteiger partial charge in [-0.25, -0.2) is 5.48 Å². The van der Waals surface area contributed by atoms with Crippen LogP contribution in [0.25, 0.3) is 0 Å². The first-order valence-corrected chi connectivity index (χ1v) is 6.09. The van der Waals surface area contributed by atoms with Gasteiger partial charge in [-0.15, -0.1) is 0 Å². The summed E-state index contributed by atoms with van der Waals surface area (Å²) in [7, 11) is 1.98. The van der Waals surface area contributed by atoms with E-state index in [1.165, 1.54) is 0 Å². The summed E-state index contributed by atoms with van der Waals surface area (Å²) in [6.45, 7) is 0. The molecular weight excluding hydrogens is 240 g/mol. The Morgan fingerprint density at radius 3 is 2.00 bits per heavy atom. The van der Waals surface area contributed by atoms with Crippen LogP contribution in [0.4, 0.5) is 11.4 Å². The lowest BCUT2D eigenvalue weighted by molar-refractivity contribution is -0.129. The summed E-state index contributed by atoms with van der Waals surface area (Å²) in [5.74, 6) is -0.887. The number of benzene rings is 2. The molecule has 1 aliphatic rings. The van der Waals surface area contributed by atoms with E-state index in [0.717, 1.165) is 22.5 Å². The third-order valence-electron chi connectivity index (χ3n) is 3.59. The van der Waals surface area contributed by atoms with Crippen molar-refractivity contribution >= 4 is 17.3 Å². The Balaban J connectivity index is 2.26. The second-order valence-corrected chi connectivity index (χ2v) is 4.59. The quantitative estimate of drug-likeness (QED) is 0.607. The van der Waals surface area contributed by atoms with Crippen LogP contribution >= 0.6 is 0 Å². The lowest BCUT2D eigenvalue weighted by atomic mass is 9.84. The average molecular weight is 254 g/mol. The Morgan fingerprint density at radius 1 is 1.05 bits per heavy atom. The molecule has 2 aromatic rings. The number of para-hydroxylation sites is 2. The molecule has 0 bridgehead atoms. The monoisotopic (exact) mass is 254 g/mol. The normalized spacial score (nSPS) is 13.7. The van der Waals surface area contributed by atoms with E-state index in [9.17, 15) is 4.79 Å². The van der Waals surface area contributed by atoms with Crippen molar-refractivity contribution in [1.82, 2.24) is 5.48 Å². The van der Waals surface area contributed by atoms with E-state index in [2.05, 4.69) is 4.90 Å². The maximum Gasteiger partial charge on any atom is 0.255 e. The van der Waals surface area contributed by atoms with Gasteiger partial charge < -0.3 is 4.90 Å². The van der Waals surface area contributed by atoms with Crippen LogP contribution in [0.5, 0.6) is 0 Å². The number of hydroxylamine groups is 1. The van der Waals surface area contributed by atoms with Crippen LogP contribution in [0, 0.1) is 0 Å². The molecule has 0 aromatic heterocycles. The predicted octanol–water partition coefficient (Wildman–Crippen LogP) is 2.41. The van der Waals surface area contributed by atoms with E-state index < -0.39 is 11.8 Å². The van der Waals surface area contributed by atoms with E-state index in [4.69, 9.17) is 5.21 Å². The van der Waals surface area contributed by atoms with Crippen molar-refractivity contribution in [3.8, 4) is 0 Å². The molecule has 0 atom stereocenters. The first-order valence-electron chi connectivity index (χ1n) is 6.09. The van der Waals surface area contributed by atoms with Crippen molar-refractivity contribution in [3.05, 3.63) is 59.7 Å². The zero-order chi connectivity index (χ0) is 13.4. The van der Waals surface area contributed by atoms with Gasteiger partial charge in [0.2, 0.25) is 0 Å². The van der Waals surface area contributed by atoms with Gasteiger partial charge in [0.1, 0.15) is 0 Å². The van der Waals surface area contributed by atoms with Crippen molar-refractivity contribution < 1.29 is 10.0 Å². The number of carbonyl (C=O) groups is 1. The van der Waals surface area contributed by atoms with Crippen LogP contribution < -0.4 is 10.4 Å². The highest BCUT2D eigenvalue weighted by Crippen LogP contribution is 2.44. The Kier molecular flexibility index (Phi) is 2.72. The lowest BCUT2D eigenvalue weighted by Gasteiger charge is -2.34. The third-order valence-corrected chi connectivity index (χ3v) is 3.59. The second-order valence-electron chi connectivity index (χ2n) is 4.59. The van der Waals surface area contributed by atoms with Crippen LogP contribution in [0.2, 0.25) is 0 Å². The van der Waals surface area contributed by atoms with Gasteiger partial charge >= 0.3 is 0 Å². The lowest BCUT2D eigenvalue weighted by Crippen LogP contribution is -2.32. The first kappa shape index (κ1) is 11.7. The molecule has 1 amide bonds. The molecule has 0 radical (unpaired) electrons. The number of rotatable bonds is 1. The average Bonchev–Trinajstić information content (AvgIpc) is 2.47. The van der Waals surface area contributed by atoms with Crippen molar-refractivity contribution in [3.63, 3.8) is 0 Å². The zero-order valence-electron chi connectivity index (χ0n) is 10.5. The van der Waals surface area contributed by atoms with Crippen LogP contribution in [0.1, 0.15) is 17.0 Å². The van der Waals surface area contributed by atoms with Gasteiger partial charge in [0, 0.05) is 18.4 Å². The molecule has 0 spiro atoms. The van der Waals surface area contributed by atoms with Crippen molar-refractivity contribution in [1.29, 1.82) is 0 Å². The summed E-state index contributed by atoms with van der Waals surface area (Å²) in [5.41, 5.74) is 5.53. The van der Waals surface area contributed by atoms with Gasteiger partial charge in [-0.2, -0.15) is 0 Å². The number of anilines is 2. The van der Waals surface area contributed by atoms with Gasteiger partial charge in [-0.1, -0.05) is 36.4 Å². The maximum absolute atomic E-state index is 12.0. The van der Waals surface area contributed by atoms with Gasteiger partial charge in [0.25, 0.3) is 5.91 Å². The fraction of sp³-hybridized carbons (Fsp3) is 0.133. The van der Waals surface area contributed by atoms with Crippen molar-refractivity contribution in [2.24, 2.45) is 0 Å². The van der Waals surface area contributed by atoms with Crippen molar-refractivity contribution in [2.75, 3.05) is 11.9 Å². The molecule has 0 saturated carbocycles. The van der Waals surface area contributed by atoms with Gasteiger partial charge in [-0.3, -0.25) is 10.0 Å². The molecule has 2 N–H and O–H groups in total. The van der Waals surface area contributed by atoms with Crippen LogP contribution in [0.3, 0.4) is 0 Å². The SMILES string of the molecule is CN1c2ccccc2C(C(=O)NO)c2ccccc21. The van der Waals surface area contributed by atoms with Gasteiger partial charge in [-0.05, 0) is 23.3 Å². The Hall–Kier alpha value is -2.33. The molecule has 19 heavy (non-hydrogen) atoms. The second kappa shape index (κ2) is 4.40. The standard InChI is InChI=1S/C15H14N2O2/c1-17-12-8-4-2-6-10(12)14(15(18)16-19)11-7-3-5-9-13(11)17/h2-9,14,19H,1H3,(H,16,18). The molecule has 0 aliphatic carbocycles. The van der Waals surface area contributed by atoms with Crippen LogP contribution in [-0.4, -0.2) is 18.2 Å². The molecule has 4 nitrogen and oxygen atoms in total. The highest BCUT2D eigenvalue weighted by atomic mass is 16.5. The molecule has 0 fully saturated rings. The molecular formula is C15H14N2O2. The summed E-state index contributed by atoms with van der Waals surface area (Å²) in [6.07, 6.45) is 0. The smallest absolute Gasteiger partial charge is 0.255 e. The molecule has 2 aromatic carbocycles. The highest BCUT2D eigenvalue weighted by molar-refractivity contribution is 5.93. The van der Waals surface area contributed by atoms with E-state index >= 15 is 0 Å². The van der Waals surface area contributed by atoms with Crippen LogP contribution in [-0.2, 0) is 4.79 Å². The number of hydrogen-bond acceptors (Lipinski definition) is 3. The third kappa shape index (κ3) is 1.69. The van der Waals surface area contributed by atoms with E-state index in [1.807, 2.05) is 55.6 Å². The minimum absolute atomic E-state index is 0.409. The van der Waals surface area contributed by atoms with E-state index in [1.54, 1.807) is 5.48 Å². The molecule has 0 saturated heterocycles. The molecule has 1 heterocycles. The van der Waals surface area contributed by atoms with Crippen LogP contribution in [0.15, 0.2) is 48.5 Å². The minimum Gasteiger partial charge on any atom is -0.344 e. The minimum atomic E-state index is -0.478. The maximum atomic E-state index is 12.0. The number of nitrogens with one attached hydrogen (secondary N) is 1. The summed E-state index contributed by atoms with van der Waals surface area (Å²) in [5, 5.41) is 8.99. The largest absolute Gasteiger partial charge is 0.344 e. The summed E-state index contributed by atoms with van der Waals surface area (Å²) >= 11 is 0. The van der Waals surface area contributed by atoms with E-state index in [0.29, 0.717) is 0 Å². The summed E-state index contributed by atoms with van der Waals surface area (Å²) in [4.78, 5) is 14.1. The number of amides is 1. The summed E-state index contributed by atoms with van der Waals surface area (Å²) < 4.78 is 0. The Bertz CT molecular complexity index is 592. The number of carbonyl (C=O) groups excluding carboxylic acids is 1. The van der Waals surface area contributed by atoms with Gasteiger partial charge in [0.05, 0.1) is 5.92 Å². The molecule has 96 valence electrons. The zero-order valence-corrected chi connectivity index (χ0v) is 10.5. The molecule has 1 aliphatic heterocycles. The summed E-state index contributed by atoms with van der Waals surface area (Å²) in [6, 6.07) is 15.5. The number of fused-ring (bicyclic) bond motifs is 2. The fourth-order valence-electron chi connectivity index (χ4n) is 2.72. The highest BCUT2D eigenvalue weighted by Gasteiger charge is 2.32. The first-order chi connectivity index (χ1) is 9.24. The number of nitrogens with zero attached hydrogens (tertiary/aromatic N) is 1. The Morgan fingerprint density at radius 2 is 1.53 bits per heavy atom. The topological polar surface area (TPSA) is 52.6 Å². The van der Waals surface area contributed by atoms with Gasteiger partial charge in [0.15, 0.2) is 0 Å². The molecule has 4 heteroatoms.